The van der Waals surface area contributed by atoms with Crippen LogP contribution in [0.3, 0.4) is 0 Å². The number of morpholine rings is 1. The number of carbonyl (C=O) groups excluding carboxylic acids is 1. The van der Waals surface area contributed by atoms with Crippen molar-refractivity contribution in [2.45, 2.75) is 6.42 Å². The van der Waals surface area contributed by atoms with Gasteiger partial charge in [-0.05, 0) is 24.3 Å². The highest BCUT2D eigenvalue weighted by Gasteiger charge is 2.20. The smallest absolute Gasteiger partial charge is 0.255 e. The van der Waals surface area contributed by atoms with E-state index in [2.05, 4.69) is 20.2 Å². The van der Waals surface area contributed by atoms with Crippen LogP contribution in [0.2, 0.25) is 0 Å². The van der Waals surface area contributed by atoms with Crippen molar-refractivity contribution in [3.63, 3.8) is 0 Å². The zero-order chi connectivity index (χ0) is 19.2. The highest BCUT2D eigenvalue weighted by molar-refractivity contribution is 5.99. The highest BCUT2D eigenvalue weighted by atomic mass is 16.5. The number of rotatable bonds is 6. The molecule has 1 aliphatic heterocycles. The van der Waals surface area contributed by atoms with Gasteiger partial charge in [-0.2, -0.15) is 0 Å². The van der Waals surface area contributed by atoms with Crippen molar-refractivity contribution >= 4 is 11.9 Å². The molecule has 8 nitrogen and oxygen atoms in total. The van der Waals surface area contributed by atoms with Crippen LogP contribution in [-0.2, 0) is 11.2 Å². The molecule has 0 radical (unpaired) electrons. The SMILES string of the molecule is O=C(NCCc1ccco1)c1cnc(N2CCOCC2)nc1-c1ccncc1. The number of carbonyl (C=O) groups is 1. The summed E-state index contributed by atoms with van der Waals surface area (Å²) >= 11 is 0. The quantitative estimate of drug-likeness (QED) is 0.699. The van der Waals surface area contributed by atoms with Crippen molar-refractivity contribution in [2.24, 2.45) is 0 Å². The maximum atomic E-state index is 12.8. The molecular weight excluding hydrogens is 358 g/mol. The number of pyridine rings is 1. The van der Waals surface area contributed by atoms with E-state index in [1.54, 1.807) is 24.9 Å². The fourth-order valence-electron chi connectivity index (χ4n) is 3.03. The Balaban J connectivity index is 1.57. The Morgan fingerprint density at radius 2 is 2.00 bits per heavy atom. The van der Waals surface area contributed by atoms with E-state index < -0.39 is 0 Å². The molecule has 0 aromatic carbocycles. The molecule has 4 rings (SSSR count). The molecule has 0 bridgehead atoms. The van der Waals surface area contributed by atoms with E-state index in [0.29, 0.717) is 43.4 Å². The van der Waals surface area contributed by atoms with Gasteiger partial charge in [0.1, 0.15) is 5.76 Å². The van der Waals surface area contributed by atoms with Gasteiger partial charge in [0.05, 0.1) is 30.7 Å². The van der Waals surface area contributed by atoms with Crippen LogP contribution < -0.4 is 10.2 Å². The van der Waals surface area contributed by atoms with E-state index in [4.69, 9.17) is 14.1 Å². The van der Waals surface area contributed by atoms with Crippen LogP contribution in [0.25, 0.3) is 11.3 Å². The molecule has 1 saturated heterocycles. The average Bonchev–Trinajstić information content (AvgIpc) is 3.28. The molecule has 144 valence electrons. The Hall–Kier alpha value is -3.26. The standard InChI is InChI=1S/C20H21N5O3/c26-19(22-8-5-16-2-1-11-28-16)17-14-23-20(25-9-12-27-13-10-25)24-18(17)15-3-6-21-7-4-15/h1-4,6-7,11,14H,5,8-10,12-13H2,(H,22,26). The van der Waals surface area contributed by atoms with Gasteiger partial charge in [0.25, 0.3) is 5.91 Å². The predicted octanol–water partition coefficient (Wildman–Crippen LogP) is 1.94. The van der Waals surface area contributed by atoms with E-state index in [-0.39, 0.29) is 5.91 Å². The van der Waals surface area contributed by atoms with Gasteiger partial charge in [-0.15, -0.1) is 0 Å². The molecule has 0 spiro atoms. The summed E-state index contributed by atoms with van der Waals surface area (Å²) in [5, 5.41) is 2.92. The lowest BCUT2D eigenvalue weighted by Gasteiger charge is -2.27. The van der Waals surface area contributed by atoms with Gasteiger partial charge in [-0.1, -0.05) is 0 Å². The molecule has 3 aromatic heterocycles. The van der Waals surface area contributed by atoms with E-state index in [1.165, 1.54) is 0 Å². The number of hydrogen-bond donors (Lipinski definition) is 1. The number of hydrogen-bond acceptors (Lipinski definition) is 7. The van der Waals surface area contributed by atoms with Crippen molar-refractivity contribution < 1.29 is 13.9 Å². The first-order valence-corrected chi connectivity index (χ1v) is 9.22. The Labute approximate surface area is 162 Å². The maximum absolute atomic E-state index is 12.8. The molecule has 4 heterocycles. The van der Waals surface area contributed by atoms with E-state index >= 15 is 0 Å². The van der Waals surface area contributed by atoms with Gasteiger partial charge in [-0.25, -0.2) is 9.97 Å². The molecular formula is C20H21N5O3. The number of furan rings is 1. The molecule has 1 aliphatic rings. The van der Waals surface area contributed by atoms with E-state index in [9.17, 15) is 4.79 Å². The summed E-state index contributed by atoms with van der Waals surface area (Å²) in [7, 11) is 0. The van der Waals surface area contributed by atoms with Crippen LogP contribution in [0.15, 0.2) is 53.5 Å². The molecule has 0 atom stereocenters. The molecule has 1 N–H and O–H groups in total. The number of amides is 1. The number of nitrogens with one attached hydrogen (secondary N) is 1. The topological polar surface area (TPSA) is 93.4 Å². The van der Waals surface area contributed by atoms with Crippen LogP contribution in [0.5, 0.6) is 0 Å². The minimum Gasteiger partial charge on any atom is -0.469 e. The number of nitrogens with zero attached hydrogens (tertiary/aromatic N) is 4. The van der Waals surface area contributed by atoms with Crippen LogP contribution >= 0.6 is 0 Å². The van der Waals surface area contributed by atoms with Gasteiger partial charge in [-0.3, -0.25) is 9.78 Å². The van der Waals surface area contributed by atoms with Gasteiger partial charge in [0.2, 0.25) is 5.95 Å². The number of ether oxygens (including phenoxy) is 1. The number of aromatic nitrogens is 3. The van der Waals surface area contributed by atoms with E-state index in [0.717, 1.165) is 24.4 Å². The van der Waals surface area contributed by atoms with Crippen LogP contribution in [-0.4, -0.2) is 53.7 Å². The molecule has 0 aliphatic carbocycles. The Morgan fingerprint density at radius 1 is 1.18 bits per heavy atom. The zero-order valence-electron chi connectivity index (χ0n) is 15.4. The molecule has 1 amide bonds. The van der Waals surface area contributed by atoms with Gasteiger partial charge < -0.3 is 19.4 Å². The normalized spacial score (nSPS) is 14.1. The minimum atomic E-state index is -0.216. The summed E-state index contributed by atoms with van der Waals surface area (Å²) in [6, 6.07) is 7.39. The summed E-state index contributed by atoms with van der Waals surface area (Å²) in [4.78, 5) is 28.0. The predicted molar refractivity (Wildman–Crippen MR) is 103 cm³/mol. The molecule has 0 unspecified atom stereocenters. The minimum absolute atomic E-state index is 0.216. The molecule has 3 aromatic rings. The first kappa shape index (κ1) is 18.1. The summed E-state index contributed by atoms with van der Waals surface area (Å²) in [5.41, 5.74) is 1.85. The third-order valence-electron chi connectivity index (χ3n) is 4.51. The fraction of sp³-hybridized carbons (Fsp3) is 0.300. The third kappa shape index (κ3) is 4.17. The van der Waals surface area contributed by atoms with Crippen molar-refractivity contribution in [1.29, 1.82) is 0 Å². The van der Waals surface area contributed by atoms with Gasteiger partial charge >= 0.3 is 0 Å². The highest BCUT2D eigenvalue weighted by Crippen LogP contribution is 2.23. The van der Waals surface area contributed by atoms with Crippen LogP contribution in [0, 0.1) is 0 Å². The maximum Gasteiger partial charge on any atom is 0.255 e. The summed E-state index contributed by atoms with van der Waals surface area (Å²) < 4.78 is 10.7. The second-order valence-electron chi connectivity index (χ2n) is 6.35. The second-order valence-corrected chi connectivity index (χ2v) is 6.35. The van der Waals surface area contributed by atoms with Gasteiger partial charge in [0.15, 0.2) is 0 Å². The second kappa shape index (κ2) is 8.62. The van der Waals surface area contributed by atoms with Crippen molar-refractivity contribution in [3.05, 3.63) is 60.4 Å². The van der Waals surface area contributed by atoms with Crippen molar-refractivity contribution in [1.82, 2.24) is 20.3 Å². The first-order chi connectivity index (χ1) is 13.8. The summed E-state index contributed by atoms with van der Waals surface area (Å²) in [5.74, 6) is 1.21. The summed E-state index contributed by atoms with van der Waals surface area (Å²) in [6.07, 6.45) is 7.21. The summed E-state index contributed by atoms with van der Waals surface area (Å²) in [6.45, 7) is 3.20. The largest absolute Gasteiger partial charge is 0.469 e. The Morgan fingerprint density at radius 3 is 2.75 bits per heavy atom. The van der Waals surface area contributed by atoms with E-state index in [1.807, 2.05) is 24.3 Å². The zero-order valence-corrected chi connectivity index (χ0v) is 15.4. The fourth-order valence-corrected chi connectivity index (χ4v) is 3.03. The molecule has 28 heavy (non-hydrogen) atoms. The van der Waals surface area contributed by atoms with Crippen molar-refractivity contribution in [3.8, 4) is 11.3 Å². The lowest BCUT2D eigenvalue weighted by atomic mass is 10.1. The van der Waals surface area contributed by atoms with Gasteiger partial charge in [0, 0.05) is 50.2 Å². The Bertz CT molecular complexity index is 909. The lowest BCUT2D eigenvalue weighted by Crippen LogP contribution is -2.37. The first-order valence-electron chi connectivity index (χ1n) is 9.22. The van der Waals surface area contributed by atoms with Crippen LogP contribution in [0.4, 0.5) is 5.95 Å². The monoisotopic (exact) mass is 379 g/mol. The molecule has 1 fully saturated rings. The third-order valence-corrected chi connectivity index (χ3v) is 4.51. The lowest BCUT2D eigenvalue weighted by molar-refractivity contribution is 0.0953. The number of anilines is 1. The average molecular weight is 379 g/mol. The van der Waals surface area contributed by atoms with Crippen molar-refractivity contribution in [2.75, 3.05) is 37.7 Å². The van der Waals surface area contributed by atoms with Crippen LogP contribution in [0.1, 0.15) is 16.1 Å². The Kier molecular flexibility index (Phi) is 5.58. The molecule has 0 saturated carbocycles. The molecule has 8 heteroatoms.